The molecule has 0 aliphatic rings. The van der Waals surface area contributed by atoms with Gasteiger partial charge in [0.1, 0.15) is 5.75 Å². The predicted molar refractivity (Wildman–Crippen MR) is 110 cm³/mol. The van der Waals surface area contributed by atoms with Crippen LogP contribution in [0.3, 0.4) is 0 Å². The second kappa shape index (κ2) is 9.37. The fourth-order valence-corrected chi connectivity index (χ4v) is 2.67. The Balaban J connectivity index is 1.79. The van der Waals surface area contributed by atoms with E-state index in [1.165, 1.54) is 6.08 Å². The van der Waals surface area contributed by atoms with Gasteiger partial charge in [-0.1, -0.05) is 57.2 Å². The summed E-state index contributed by atoms with van der Waals surface area (Å²) in [5, 5.41) is 0. The van der Waals surface area contributed by atoms with Crippen molar-refractivity contribution in [2.75, 3.05) is 6.61 Å². The SMILES string of the molecule is CC(C)(C)c1ccc(OCC(=O)NNC(=O)/C=C/c2ccccc2)c(Br)c1. The summed E-state index contributed by atoms with van der Waals surface area (Å²) >= 11 is 3.46. The molecule has 0 heterocycles. The fraction of sp³-hybridized carbons (Fsp3) is 0.238. The van der Waals surface area contributed by atoms with Crippen LogP contribution in [0, 0.1) is 0 Å². The Hall–Kier alpha value is -2.60. The van der Waals surface area contributed by atoms with Gasteiger partial charge in [-0.15, -0.1) is 0 Å². The molecule has 0 spiro atoms. The molecule has 142 valence electrons. The van der Waals surface area contributed by atoms with Crippen molar-refractivity contribution in [1.29, 1.82) is 0 Å². The van der Waals surface area contributed by atoms with Gasteiger partial charge in [-0.2, -0.15) is 0 Å². The van der Waals surface area contributed by atoms with E-state index in [-0.39, 0.29) is 12.0 Å². The standard InChI is InChI=1S/C21H23BrN2O3/c1-21(2,3)16-10-11-18(17(22)13-16)27-14-20(26)24-23-19(25)12-9-15-7-5-4-6-8-15/h4-13H,14H2,1-3H3,(H,23,25)(H,24,26)/b12-9+. The number of carbonyl (C=O) groups excluding carboxylic acids is 2. The monoisotopic (exact) mass is 430 g/mol. The Morgan fingerprint density at radius 3 is 2.41 bits per heavy atom. The highest BCUT2D eigenvalue weighted by molar-refractivity contribution is 9.10. The van der Waals surface area contributed by atoms with Gasteiger partial charge in [0, 0.05) is 6.08 Å². The van der Waals surface area contributed by atoms with Crippen LogP contribution < -0.4 is 15.6 Å². The van der Waals surface area contributed by atoms with Crippen molar-refractivity contribution in [3.63, 3.8) is 0 Å². The normalized spacial score (nSPS) is 11.3. The lowest BCUT2D eigenvalue weighted by Gasteiger charge is -2.20. The third-order valence-corrected chi connectivity index (χ3v) is 4.33. The molecule has 0 atom stereocenters. The third-order valence-electron chi connectivity index (χ3n) is 3.71. The minimum Gasteiger partial charge on any atom is -0.483 e. The van der Waals surface area contributed by atoms with Crippen LogP contribution in [0.15, 0.2) is 59.1 Å². The molecule has 6 heteroatoms. The topological polar surface area (TPSA) is 67.4 Å². The summed E-state index contributed by atoms with van der Waals surface area (Å²) < 4.78 is 6.28. The first-order chi connectivity index (χ1) is 12.8. The number of carbonyl (C=O) groups is 2. The molecule has 5 nitrogen and oxygen atoms in total. The van der Waals surface area contributed by atoms with E-state index in [4.69, 9.17) is 4.74 Å². The fourth-order valence-electron chi connectivity index (χ4n) is 2.17. The van der Waals surface area contributed by atoms with Crippen LogP contribution in [0.4, 0.5) is 0 Å². The lowest BCUT2D eigenvalue weighted by atomic mass is 9.87. The van der Waals surface area contributed by atoms with Gasteiger partial charge in [-0.3, -0.25) is 20.4 Å². The quantitative estimate of drug-likeness (QED) is 0.556. The van der Waals surface area contributed by atoms with Crippen molar-refractivity contribution in [3.05, 3.63) is 70.2 Å². The van der Waals surface area contributed by atoms with Gasteiger partial charge in [0.05, 0.1) is 4.47 Å². The second-order valence-electron chi connectivity index (χ2n) is 6.97. The number of benzene rings is 2. The molecule has 0 radical (unpaired) electrons. The molecule has 0 aromatic heterocycles. The number of hydrazine groups is 1. The van der Waals surface area contributed by atoms with Crippen molar-refractivity contribution >= 4 is 33.8 Å². The number of halogens is 1. The molecule has 0 bridgehead atoms. The van der Waals surface area contributed by atoms with Crippen molar-refractivity contribution in [2.24, 2.45) is 0 Å². The molecule has 2 rings (SSSR count). The average molecular weight is 431 g/mol. The Morgan fingerprint density at radius 2 is 1.78 bits per heavy atom. The van der Waals surface area contributed by atoms with Crippen LogP contribution in [-0.4, -0.2) is 18.4 Å². The van der Waals surface area contributed by atoms with E-state index in [9.17, 15) is 9.59 Å². The molecule has 0 fully saturated rings. The van der Waals surface area contributed by atoms with Crippen LogP contribution in [0.25, 0.3) is 6.08 Å². The Bertz CT molecular complexity index is 827. The van der Waals surface area contributed by atoms with Crippen molar-refractivity contribution < 1.29 is 14.3 Å². The summed E-state index contributed by atoms with van der Waals surface area (Å²) in [5.41, 5.74) is 6.70. The largest absolute Gasteiger partial charge is 0.483 e. The highest BCUT2D eigenvalue weighted by Crippen LogP contribution is 2.31. The van der Waals surface area contributed by atoms with E-state index in [1.807, 2.05) is 48.5 Å². The van der Waals surface area contributed by atoms with Crippen molar-refractivity contribution in [2.45, 2.75) is 26.2 Å². The number of hydrogen-bond acceptors (Lipinski definition) is 3. The van der Waals surface area contributed by atoms with Gasteiger partial charge in [0.25, 0.3) is 11.8 Å². The van der Waals surface area contributed by atoms with Crippen molar-refractivity contribution in [3.8, 4) is 5.75 Å². The third kappa shape index (κ3) is 6.90. The van der Waals surface area contributed by atoms with Gasteiger partial charge in [-0.05, 0) is 50.7 Å². The summed E-state index contributed by atoms with van der Waals surface area (Å²) in [4.78, 5) is 23.6. The van der Waals surface area contributed by atoms with E-state index in [1.54, 1.807) is 6.08 Å². The molecule has 2 aromatic carbocycles. The van der Waals surface area contributed by atoms with Crippen LogP contribution in [-0.2, 0) is 15.0 Å². The Kier molecular flexibility index (Phi) is 7.19. The summed E-state index contributed by atoms with van der Waals surface area (Å²) in [6.45, 7) is 6.16. The van der Waals surface area contributed by atoms with E-state index in [0.29, 0.717) is 5.75 Å². The van der Waals surface area contributed by atoms with Gasteiger partial charge in [0.15, 0.2) is 6.61 Å². The van der Waals surface area contributed by atoms with Gasteiger partial charge in [-0.25, -0.2) is 0 Å². The number of hydrogen-bond donors (Lipinski definition) is 2. The Labute approximate surface area is 167 Å². The lowest BCUT2D eigenvalue weighted by Crippen LogP contribution is -2.43. The second-order valence-corrected chi connectivity index (χ2v) is 7.82. The van der Waals surface area contributed by atoms with Gasteiger partial charge >= 0.3 is 0 Å². The zero-order valence-corrected chi connectivity index (χ0v) is 17.2. The van der Waals surface area contributed by atoms with Crippen molar-refractivity contribution in [1.82, 2.24) is 10.9 Å². The number of nitrogens with one attached hydrogen (secondary N) is 2. The molecular formula is C21H23BrN2O3. The van der Waals surface area contributed by atoms with E-state index in [0.717, 1.165) is 15.6 Å². The number of ether oxygens (including phenoxy) is 1. The summed E-state index contributed by atoms with van der Waals surface area (Å²) in [6.07, 6.45) is 3.00. The zero-order valence-electron chi connectivity index (χ0n) is 15.6. The maximum Gasteiger partial charge on any atom is 0.276 e. The molecule has 0 aliphatic heterocycles. The number of amides is 2. The first-order valence-corrected chi connectivity index (χ1v) is 9.30. The Morgan fingerprint density at radius 1 is 1.07 bits per heavy atom. The maximum atomic E-state index is 11.8. The molecule has 0 saturated heterocycles. The summed E-state index contributed by atoms with van der Waals surface area (Å²) in [6, 6.07) is 15.2. The minimum atomic E-state index is -0.455. The molecule has 0 unspecified atom stereocenters. The molecule has 2 amide bonds. The highest BCUT2D eigenvalue weighted by atomic mass is 79.9. The molecular weight excluding hydrogens is 408 g/mol. The first-order valence-electron chi connectivity index (χ1n) is 8.50. The first kappa shape index (κ1) is 20.7. The smallest absolute Gasteiger partial charge is 0.276 e. The summed E-state index contributed by atoms with van der Waals surface area (Å²) in [5.74, 6) is -0.320. The molecule has 2 N–H and O–H groups in total. The van der Waals surface area contributed by atoms with E-state index in [2.05, 4.69) is 47.6 Å². The predicted octanol–water partition coefficient (Wildman–Crippen LogP) is 3.99. The van der Waals surface area contributed by atoms with Crippen LogP contribution in [0.2, 0.25) is 0 Å². The molecule has 0 saturated carbocycles. The molecule has 0 aliphatic carbocycles. The van der Waals surface area contributed by atoms with Crippen LogP contribution in [0.5, 0.6) is 5.75 Å². The van der Waals surface area contributed by atoms with Gasteiger partial charge < -0.3 is 4.74 Å². The molecule has 27 heavy (non-hydrogen) atoms. The van der Waals surface area contributed by atoms with E-state index >= 15 is 0 Å². The summed E-state index contributed by atoms with van der Waals surface area (Å²) in [7, 11) is 0. The maximum absolute atomic E-state index is 11.8. The number of rotatable bonds is 5. The average Bonchev–Trinajstić information content (AvgIpc) is 2.63. The highest BCUT2D eigenvalue weighted by Gasteiger charge is 2.15. The zero-order chi connectivity index (χ0) is 19.9. The van der Waals surface area contributed by atoms with E-state index < -0.39 is 11.8 Å². The lowest BCUT2D eigenvalue weighted by molar-refractivity contribution is -0.128. The van der Waals surface area contributed by atoms with Crippen LogP contribution >= 0.6 is 15.9 Å². The minimum absolute atomic E-state index is 0.0238. The van der Waals surface area contributed by atoms with Gasteiger partial charge in [0.2, 0.25) is 0 Å². The molecule has 2 aromatic rings. The van der Waals surface area contributed by atoms with Crippen LogP contribution in [0.1, 0.15) is 31.9 Å².